The van der Waals surface area contributed by atoms with Crippen molar-refractivity contribution in [3.63, 3.8) is 0 Å². The third-order valence-corrected chi connectivity index (χ3v) is 4.94. The normalized spacial score (nSPS) is 17.1. The van der Waals surface area contributed by atoms with E-state index in [-0.39, 0.29) is 35.9 Å². The van der Waals surface area contributed by atoms with Crippen LogP contribution in [0.4, 0.5) is 0 Å². The van der Waals surface area contributed by atoms with E-state index >= 15 is 0 Å². The largest absolute Gasteiger partial charge is 0.358 e. The lowest BCUT2D eigenvalue weighted by molar-refractivity contribution is -0.122. The molecule has 0 aromatic carbocycles. The highest BCUT2D eigenvalue weighted by Crippen LogP contribution is 2.10. The summed E-state index contributed by atoms with van der Waals surface area (Å²) in [4.78, 5) is 18.1. The molecular weight excluding hydrogens is 483 g/mol. The summed E-state index contributed by atoms with van der Waals surface area (Å²) in [5, 5.41) is 9.26. The van der Waals surface area contributed by atoms with E-state index in [1.807, 2.05) is 6.92 Å². The molecule has 0 spiro atoms. The number of nitrogens with one attached hydrogen (secondary N) is 4. The molecule has 1 amide bonds. The smallest absolute Gasteiger partial charge is 0.233 e. The molecule has 1 heterocycles. The Bertz CT molecular complexity index is 589. The molecule has 1 rings (SSSR count). The summed E-state index contributed by atoms with van der Waals surface area (Å²) in [6, 6.07) is 0.278. The summed E-state index contributed by atoms with van der Waals surface area (Å²) in [7, 11) is -1.64. The van der Waals surface area contributed by atoms with E-state index in [1.165, 1.54) is 0 Å². The van der Waals surface area contributed by atoms with Crippen molar-refractivity contribution < 1.29 is 13.2 Å². The van der Waals surface area contributed by atoms with Crippen molar-refractivity contribution in [2.75, 3.05) is 46.0 Å². The van der Waals surface area contributed by atoms with Gasteiger partial charge in [-0.05, 0) is 33.6 Å². The van der Waals surface area contributed by atoms with Crippen LogP contribution >= 0.6 is 24.0 Å². The predicted molar refractivity (Wildman–Crippen MR) is 120 cm³/mol. The number of amides is 1. The zero-order valence-electron chi connectivity index (χ0n) is 17.0. The molecule has 0 atom stereocenters. The van der Waals surface area contributed by atoms with Gasteiger partial charge in [-0.2, -0.15) is 0 Å². The lowest BCUT2D eigenvalue weighted by Crippen LogP contribution is -2.51. The molecule has 1 saturated heterocycles. The average molecular weight is 518 g/mol. The molecule has 11 heteroatoms. The second-order valence-corrected chi connectivity index (χ2v) is 9.07. The summed E-state index contributed by atoms with van der Waals surface area (Å²) >= 11 is 0. The van der Waals surface area contributed by atoms with Crippen LogP contribution in [0.2, 0.25) is 0 Å². The fourth-order valence-electron chi connectivity index (χ4n) is 2.84. The number of likely N-dealkylation sites (tertiary alicyclic amines) is 1. The van der Waals surface area contributed by atoms with Gasteiger partial charge in [0, 0.05) is 38.3 Å². The van der Waals surface area contributed by atoms with Crippen molar-refractivity contribution in [2.45, 2.75) is 45.2 Å². The SMILES string of the molecule is CCNC(=NCC(C)(C)NS(C)(=O)=O)NC1CCN(CC(=O)NC)CC1.I. The number of piperidine rings is 1. The van der Waals surface area contributed by atoms with Crippen LogP contribution in [0, 0.1) is 0 Å². The van der Waals surface area contributed by atoms with Gasteiger partial charge < -0.3 is 16.0 Å². The Balaban J connectivity index is 0.00000676. The number of halogens is 1. The average Bonchev–Trinajstić information content (AvgIpc) is 2.52. The third kappa shape index (κ3) is 11.7. The number of nitrogens with zero attached hydrogens (tertiary/aromatic N) is 2. The van der Waals surface area contributed by atoms with E-state index in [0.717, 1.165) is 38.7 Å². The van der Waals surface area contributed by atoms with Crippen molar-refractivity contribution in [1.29, 1.82) is 0 Å². The molecule has 0 aliphatic carbocycles. The van der Waals surface area contributed by atoms with Gasteiger partial charge in [-0.1, -0.05) is 0 Å². The maximum absolute atomic E-state index is 11.5. The Hall–Kier alpha value is -0.660. The molecule has 0 radical (unpaired) electrons. The van der Waals surface area contributed by atoms with Crippen LogP contribution in [0.1, 0.15) is 33.6 Å². The van der Waals surface area contributed by atoms with E-state index in [2.05, 4.69) is 30.6 Å². The molecule has 0 aromatic rings. The van der Waals surface area contributed by atoms with Crippen LogP contribution in [0.15, 0.2) is 4.99 Å². The second-order valence-electron chi connectivity index (χ2n) is 7.32. The van der Waals surface area contributed by atoms with Gasteiger partial charge in [0.15, 0.2) is 5.96 Å². The number of sulfonamides is 1. The summed E-state index contributed by atoms with van der Waals surface area (Å²) in [5.74, 6) is 0.715. The number of hydrogen-bond donors (Lipinski definition) is 4. The van der Waals surface area contributed by atoms with Crippen LogP contribution in [0.3, 0.4) is 0 Å². The van der Waals surface area contributed by atoms with Crippen molar-refractivity contribution in [3.05, 3.63) is 0 Å². The molecule has 0 aromatic heterocycles. The molecule has 1 fully saturated rings. The molecule has 0 bridgehead atoms. The standard InChI is InChI=1S/C16H34N6O3S.HI/c1-6-18-15(19-12-16(2,3)21-26(5,24)25)20-13-7-9-22(10-8-13)11-14(23)17-4;/h13,21H,6-12H2,1-5H3,(H,17,23)(H2,18,19,20);1H. The fourth-order valence-corrected chi connectivity index (χ4v) is 3.91. The Labute approximate surface area is 180 Å². The van der Waals surface area contributed by atoms with Gasteiger partial charge in [0.05, 0.1) is 19.3 Å². The quantitative estimate of drug-likeness (QED) is 0.199. The van der Waals surface area contributed by atoms with Gasteiger partial charge in [0.2, 0.25) is 15.9 Å². The Morgan fingerprint density at radius 3 is 2.33 bits per heavy atom. The number of likely N-dealkylation sites (N-methyl/N-ethyl adjacent to an activating group) is 1. The number of carbonyl (C=O) groups excluding carboxylic acids is 1. The fraction of sp³-hybridized carbons (Fsp3) is 0.875. The second kappa shape index (κ2) is 12.0. The van der Waals surface area contributed by atoms with Crippen molar-refractivity contribution >= 4 is 45.9 Å². The molecule has 0 unspecified atom stereocenters. The first kappa shape index (κ1) is 26.3. The number of hydrogen-bond acceptors (Lipinski definition) is 5. The number of guanidine groups is 1. The highest BCUT2D eigenvalue weighted by molar-refractivity contribution is 14.0. The first-order valence-corrected chi connectivity index (χ1v) is 10.9. The highest BCUT2D eigenvalue weighted by atomic mass is 127. The molecule has 1 aliphatic rings. The number of rotatable bonds is 8. The summed E-state index contributed by atoms with van der Waals surface area (Å²) in [5.41, 5.74) is -0.660. The van der Waals surface area contributed by atoms with Crippen LogP contribution in [-0.2, 0) is 14.8 Å². The minimum atomic E-state index is -3.29. The predicted octanol–water partition coefficient (Wildman–Crippen LogP) is -0.302. The lowest BCUT2D eigenvalue weighted by atomic mass is 10.1. The number of carbonyl (C=O) groups is 1. The van der Waals surface area contributed by atoms with Crippen molar-refractivity contribution in [2.24, 2.45) is 4.99 Å². The maximum atomic E-state index is 11.5. The van der Waals surface area contributed by atoms with Crippen molar-refractivity contribution in [1.82, 2.24) is 25.6 Å². The summed E-state index contributed by atoms with van der Waals surface area (Å²) in [6.07, 6.45) is 2.99. The minimum Gasteiger partial charge on any atom is -0.358 e. The Morgan fingerprint density at radius 2 is 1.85 bits per heavy atom. The Kier molecular flexibility index (Phi) is 11.7. The highest BCUT2D eigenvalue weighted by Gasteiger charge is 2.23. The van der Waals surface area contributed by atoms with E-state index < -0.39 is 15.6 Å². The third-order valence-electron chi connectivity index (χ3n) is 4.01. The van der Waals surface area contributed by atoms with E-state index in [9.17, 15) is 13.2 Å². The molecule has 27 heavy (non-hydrogen) atoms. The van der Waals surface area contributed by atoms with E-state index in [4.69, 9.17) is 0 Å². The van der Waals surface area contributed by atoms with Gasteiger partial charge in [-0.3, -0.25) is 14.7 Å². The van der Waals surface area contributed by atoms with Crippen molar-refractivity contribution in [3.8, 4) is 0 Å². The van der Waals surface area contributed by atoms with Gasteiger partial charge >= 0.3 is 0 Å². The molecule has 1 aliphatic heterocycles. The lowest BCUT2D eigenvalue weighted by Gasteiger charge is -2.32. The minimum absolute atomic E-state index is 0. The van der Waals surface area contributed by atoms with Crippen LogP contribution in [-0.4, -0.2) is 82.8 Å². The monoisotopic (exact) mass is 518 g/mol. The van der Waals surface area contributed by atoms with Gasteiger partial charge in [0.1, 0.15) is 0 Å². The summed E-state index contributed by atoms with van der Waals surface area (Å²) in [6.45, 7) is 8.78. The molecule has 9 nitrogen and oxygen atoms in total. The maximum Gasteiger partial charge on any atom is 0.233 e. The van der Waals surface area contributed by atoms with Crippen LogP contribution in [0.25, 0.3) is 0 Å². The molecule has 160 valence electrons. The first-order chi connectivity index (χ1) is 12.0. The first-order valence-electron chi connectivity index (χ1n) is 9.01. The topological polar surface area (TPSA) is 115 Å². The zero-order chi connectivity index (χ0) is 19.8. The number of aliphatic imine (C=N–C) groups is 1. The van der Waals surface area contributed by atoms with Gasteiger partial charge in [0.25, 0.3) is 0 Å². The van der Waals surface area contributed by atoms with Gasteiger partial charge in [-0.25, -0.2) is 13.1 Å². The molecular formula is C16H35IN6O3S. The van der Waals surface area contributed by atoms with Gasteiger partial charge in [-0.15, -0.1) is 24.0 Å². The summed E-state index contributed by atoms with van der Waals surface area (Å²) < 4.78 is 25.5. The van der Waals surface area contributed by atoms with Crippen LogP contribution < -0.4 is 20.7 Å². The molecule has 0 saturated carbocycles. The Morgan fingerprint density at radius 1 is 1.26 bits per heavy atom. The van der Waals surface area contributed by atoms with E-state index in [1.54, 1.807) is 20.9 Å². The van der Waals surface area contributed by atoms with Crippen LogP contribution in [0.5, 0.6) is 0 Å². The van der Waals surface area contributed by atoms with E-state index in [0.29, 0.717) is 19.0 Å². The zero-order valence-corrected chi connectivity index (χ0v) is 20.1. The molecule has 4 N–H and O–H groups in total.